The highest BCUT2D eigenvalue weighted by Gasteiger charge is 2.17. The molecule has 3 unspecified atom stereocenters. The summed E-state index contributed by atoms with van der Waals surface area (Å²) in [6.45, 7) is 12.2. The zero-order valence-electron chi connectivity index (χ0n) is 50.0. The van der Waals surface area contributed by atoms with Crippen LogP contribution < -0.4 is 5.32 Å². The summed E-state index contributed by atoms with van der Waals surface area (Å²) in [5.41, 5.74) is 0. The van der Waals surface area contributed by atoms with Crippen molar-refractivity contribution < 1.29 is 15.3 Å². The van der Waals surface area contributed by atoms with E-state index < -0.39 is 0 Å². The van der Waals surface area contributed by atoms with E-state index in [1.54, 1.807) is 0 Å². The van der Waals surface area contributed by atoms with E-state index in [2.05, 4.69) is 116 Å². The van der Waals surface area contributed by atoms with Gasteiger partial charge in [0.15, 0.2) is 0 Å². The van der Waals surface area contributed by atoms with Gasteiger partial charge in [-0.15, -0.1) is 0 Å². The van der Waals surface area contributed by atoms with Crippen molar-refractivity contribution >= 4 is 0 Å². The summed E-state index contributed by atoms with van der Waals surface area (Å²) in [4.78, 5) is 4.67. The van der Waals surface area contributed by atoms with Crippen molar-refractivity contribution in [1.29, 1.82) is 0 Å². The molecule has 0 heterocycles. The molecule has 0 aliphatic carbocycles. The molecule has 0 aliphatic heterocycles. The first-order valence-corrected chi connectivity index (χ1v) is 32.5. The number of rotatable bonds is 60. The van der Waals surface area contributed by atoms with Crippen LogP contribution in [0.3, 0.4) is 0 Å². The Balaban J connectivity index is 4.45. The standard InChI is InChI=1S/C68H129N3O3/c1-5-8-11-14-17-20-23-26-29-32-35-38-41-44-47-50-53-56-66(72)63-69-59-60-70(4)61-62-71(64-67(73)57-54-51-48-45-42-39-36-33-30-27-24-21-18-15-12-9-6-2)65-68(74)58-55-52-49-46-43-40-37-34-31-28-25-22-19-16-13-10-7-3/h20-25,29-34,66-69,72-74H,5-19,26-28,35-65H2,1-4H3/b23-20-,24-21-,25-22-,32-29-,33-30-,34-31-. The van der Waals surface area contributed by atoms with Crippen LogP contribution >= 0.6 is 0 Å². The maximum atomic E-state index is 11.2. The van der Waals surface area contributed by atoms with Crippen LogP contribution in [0.2, 0.25) is 0 Å². The molecule has 0 saturated heterocycles. The first-order chi connectivity index (χ1) is 36.4. The molecule has 0 aromatic heterocycles. The van der Waals surface area contributed by atoms with E-state index >= 15 is 0 Å². The number of unbranched alkanes of at least 4 members (excludes halogenated alkanes) is 30. The van der Waals surface area contributed by atoms with Gasteiger partial charge in [-0.1, -0.05) is 248 Å². The zero-order valence-corrected chi connectivity index (χ0v) is 50.0. The summed E-state index contributed by atoms with van der Waals surface area (Å²) >= 11 is 0. The van der Waals surface area contributed by atoms with Gasteiger partial charge in [-0.3, -0.25) is 4.90 Å². The molecule has 0 amide bonds. The summed E-state index contributed by atoms with van der Waals surface area (Å²) in [6.07, 6.45) is 78.4. The van der Waals surface area contributed by atoms with E-state index in [0.717, 1.165) is 84.0 Å². The predicted molar refractivity (Wildman–Crippen MR) is 331 cm³/mol. The Morgan fingerprint density at radius 1 is 0.324 bits per heavy atom. The molecule has 0 spiro atoms. The lowest BCUT2D eigenvalue weighted by molar-refractivity contribution is 0.0563. The van der Waals surface area contributed by atoms with Crippen molar-refractivity contribution in [3.63, 3.8) is 0 Å². The Labute approximate surface area is 463 Å². The van der Waals surface area contributed by atoms with Gasteiger partial charge in [-0.2, -0.15) is 0 Å². The fourth-order valence-electron chi connectivity index (χ4n) is 9.74. The molecule has 6 heteroatoms. The van der Waals surface area contributed by atoms with E-state index in [9.17, 15) is 15.3 Å². The maximum Gasteiger partial charge on any atom is 0.0667 e. The van der Waals surface area contributed by atoms with Crippen LogP contribution in [-0.2, 0) is 0 Å². The molecule has 74 heavy (non-hydrogen) atoms. The molecule has 4 N–H and O–H groups in total. The van der Waals surface area contributed by atoms with Crippen LogP contribution in [0, 0.1) is 0 Å². The lowest BCUT2D eigenvalue weighted by Crippen LogP contribution is -2.43. The van der Waals surface area contributed by atoms with Gasteiger partial charge < -0.3 is 25.5 Å². The second-order valence-corrected chi connectivity index (χ2v) is 22.4. The predicted octanol–water partition coefficient (Wildman–Crippen LogP) is 18.7. The minimum atomic E-state index is -0.354. The van der Waals surface area contributed by atoms with Gasteiger partial charge >= 0.3 is 0 Å². The van der Waals surface area contributed by atoms with Crippen LogP contribution in [0.5, 0.6) is 0 Å². The highest BCUT2D eigenvalue weighted by atomic mass is 16.3. The SMILES string of the molecule is CCCCCC/C=C\C/C=C\CCCCCCCCC(O)CNCCN(C)CCN(CC(O)CCCCCCCC/C=C\C/C=C\CCCCCC)CC(O)CCCCCCCC/C=C\C/C=C\CCCCCC. The first kappa shape index (κ1) is 72.2. The third-order valence-electron chi connectivity index (χ3n) is 14.8. The van der Waals surface area contributed by atoms with E-state index in [-0.39, 0.29) is 18.3 Å². The molecule has 434 valence electrons. The van der Waals surface area contributed by atoms with Crippen molar-refractivity contribution in [2.45, 2.75) is 309 Å². The second kappa shape index (κ2) is 62.0. The summed E-state index contributed by atoms with van der Waals surface area (Å²) in [5, 5.41) is 36.5. The molecule has 6 nitrogen and oxygen atoms in total. The average Bonchev–Trinajstić information content (AvgIpc) is 3.39. The summed E-state index contributed by atoms with van der Waals surface area (Å²) in [6, 6.07) is 0. The van der Waals surface area contributed by atoms with Gasteiger partial charge in [0.2, 0.25) is 0 Å². The van der Waals surface area contributed by atoms with Gasteiger partial charge in [0.1, 0.15) is 0 Å². The lowest BCUT2D eigenvalue weighted by atomic mass is 10.0. The second-order valence-electron chi connectivity index (χ2n) is 22.4. The molecule has 0 aromatic rings. The molecular formula is C68H129N3O3. The number of nitrogens with one attached hydrogen (secondary N) is 1. The van der Waals surface area contributed by atoms with Gasteiger partial charge in [0.05, 0.1) is 18.3 Å². The zero-order chi connectivity index (χ0) is 53.7. The van der Waals surface area contributed by atoms with Crippen molar-refractivity contribution in [2.24, 2.45) is 0 Å². The van der Waals surface area contributed by atoms with Gasteiger partial charge in [0.25, 0.3) is 0 Å². The number of hydrogen-bond acceptors (Lipinski definition) is 6. The van der Waals surface area contributed by atoms with Crippen LogP contribution in [0.25, 0.3) is 0 Å². The number of allylic oxidation sites excluding steroid dienone is 12. The quantitative estimate of drug-likeness (QED) is 0.0359. The largest absolute Gasteiger partial charge is 0.392 e. The number of likely N-dealkylation sites (N-methyl/N-ethyl adjacent to an activating group) is 1. The topological polar surface area (TPSA) is 79.2 Å². The van der Waals surface area contributed by atoms with Crippen LogP contribution in [0.1, 0.15) is 290 Å². The monoisotopic (exact) mass is 1040 g/mol. The smallest absolute Gasteiger partial charge is 0.0667 e. The molecule has 3 atom stereocenters. The Bertz CT molecular complexity index is 1200. The molecule has 0 rings (SSSR count). The number of aliphatic hydroxyl groups excluding tert-OH is 3. The lowest BCUT2D eigenvalue weighted by Gasteiger charge is -2.29. The third-order valence-corrected chi connectivity index (χ3v) is 14.8. The number of hydrogen-bond donors (Lipinski definition) is 4. The Hall–Kier alpha value is -1.80. The molecule has 0 fully saturated rings. The molecule has 0 aliphatic rings. The molecule has 0 bridgehead atoms. The first-order valence-electron chi connectivity index (χ1n) is 32.5. The number of nitrogens with zero attached hydrogens (tertiary/aromatic N) is 2. The van der Waals surface area contributed by atoms with Gasteiger partial charge in [-0.05, 0) is 123 Å². The summed E-state index contributed by atoms with van der Waals surface area (Å²) in [5.74, 6) is 0. The molecule has 0 saturated carbocycles. The van der Waals surface area contributed by atoms with Crippen molar-refractivity contribution in [1.82, 2.24) is 15.1 Å². The minimum absolute atomic E-state index is 0.279. The minimum Gasteiger partial charge on any atom is -0.392 e. The van der Waals surface area contributed by atoms with E-state index in [4.69, 9.17) is 0 Å². The average molecular weight is 1040 g/mol. The van der Waals surface area contributed by atoms with Crippen molar-refractivity contribution in [3.8, 4) is 0 Å². The Morgan fingerprint density at radius 3 is 0.932 bits per heavy atom. The fraction of sp³-hybridized carbons (Fsp3) is 0.824. The molecular weight excluding hydrogens is 907 g/mol. The third kappa shape index (κ3) is 59.4. The van der Waals surface area contributed by atoms with Crippen molar-refractivity contribution in [3.05, 3.63) is 72.9 Å². The Kier molecular flexibility index (Phi) is 60.5. The normalized spacial score (nSPS) is 13.9. The van der Waals surface area contributed by atoms with Crippen LogP contribution in [-0.4, -0.2) is 96.3 Å². The summed E-state index contributed by atoms with van der Waals surface area (Å²) < 4.78 is 0. The maximum absolute atomic E-state index is 11.2. The van der Waals surface area contributed by atoms with Gasteiger partial charge in [-0.25, -0.2) is 0 Å². The van der Waals surface area contributed by atoms with E-state index in [1.165, 1.54) is 212 Å². The Morgan fingerprint density at radius 2 is 0.608 bits per heavy atom. The summed E-state index contributed by atoms with van der Waals surface area (Å²) in [7, 11) is 2.17. The highest BCUT2D eigenvalue weighted by molar-refractivity contribution is 4.94. The van der Waals surface area contributed by atoms with Crippen molar-refractivity contribution in [2.75, 3.05) is 52.9 Å². The fourth-order valence-corrected chi connectivity index (χ4v) is 9.74. The number of aliphatic hydroxyl groups is 3. The molecule has 0 aromatic carbocycles. The van der Waals surface area contributed by atoms with E-state index in [1.807, 2.05) is 0 Å². The van der Waals surface area contributed by atoms with Crippen LogP contribution in [0.15, 0.2) is 72.9 Å². The highest BCUT2D eigenvalue weighted by Crippen LogP contribution is 2.15. The van der Waals surface area contributed by atoms with Crippen LogP contribution in [0.4, 0.5) is 0 Å². The van der Waals surface area contributed by atoms with E-state index in [0.29, 0.717) is 19.6 Å². The molecule has 0 radical (unpaired) electrons. The van der Waals surface area contributed by atoms with Gasteiger partial charge in [0, 0.05) is 45.8 Å².